The van der Waals surface area contributed by atoms with Gasteiger partial charge in [0.1, 0.15) is 19.3 Å². The molecule has 0 saturated heterocycles. The highest BCUT2D eigenvalue weighted by Gasteiger charge is 2.30. The van der Waals surface area contributed by atoms with Crippen molar-refractivity contribution in [2.24, 2.45) is 23.7 Å². The lowest BCUT2D eigenvalue weighted by Gasteiger charge is -2.21. The van der Waals surface area contributed by atoms with Crippen molar-refractivity contribution < 1.29 is 80.2 Å². The second kappa shape index (κ2) is 59.8. The smallest absolute Gasteiger partial charge is 0.462 e. The summed E-state index contributed by atoms with van der Waals surface area (Å²) in [6, 6.07) is 0. The third kappa shape index (κ3) is 63.2. The monoisotopic (exact) mass is 1310 g/mol. The molecule has 0 aromatic carbocycles. The van der Waals surface area contributed by atoms with Gasteiger partial charge in [-0.1, -0.05) is 293 Å². The first-order valence-corrected chi connectivity index (χ1v) is 39.2. The van der Waals surface area contributed by atoms with Crippen LogP contribution in [0.15, 0.2) is 0 Å². The summed E-state index contributed by atoms with van der Waals surface area (Å²) >= 11 is 0. The first-order valence-electron chi connectivity index (χ1n) is 36.2. The first kappa shape index (κ1) is 87.1. The van der Waals surface area contributed by atoms with Gasteiger partial charge in [0.2, 0.25) is 0 Å². The van der Waals surface area contributed by atoms with Gasteiger partial charge in [-0.05, 0) is 49.4 Å². The number of rotatable bonds is 67. The molecule has 0 heterocycles. The Hall–Kier alpha value is -1.94. The van der Waals surface area contributed by atoms with Crippen LogP contribution in [0.2, 0.25) is 0 Å². The van der Waals surface area contributed by atoms with E-state index < -0.39 is 97.5 Å². The van der Waals surface area contributed by atoms with Crippen LogP contribution >= 0.6 is 15.6 Å². The number of hydrogen-bond acceptors (Lipinski definition) is 15. The Morgan fingerprint density at radius 2 is 0.539 bits per heavy atom. The minimum Gasteiger partial charge on any atom is -0.462 e. The normalized spacial score (nSPS) is 14.6. The van der Waals surface area contributed by atoms with Crippen molar-refractivity contribution in [2.75, 3.05) is 39.6 Å². The Morgan fingerprint density at radius 1 is 0.315 bits per heavy atom. The molecule has 528 valence electrons. The van der Waals surface area contributed by atoms with E-state index in [1.165, 1.54) is 141 Å². The molecule has 0 aliphatic rings. The van der Waals surface area contributed by atoms with Crippen LogP contribution in [-0.2, 0) is 65.4 Å². The predicted octanol–water partition coefficient (Wildman–Crippen LogP) is 19.7. The maximum Gasteiger partial charge on any atom is 0.472 e. The van der Waals surface area contributed by atoms with E-state index in [-0.39, 0.29) is 25.7 Å². The van der Waals surface area contributed by atoms with E-state index >= 15 is 0 Å². The number of unbranched alkanes of at least 4 members (excludes halogenated alkanes) is 32. The van der Waals surface area contributed by atoms with Crippen molar-refractivity contribution in [3.05, 3.63) is 0 Å². The van der Waals surface area contributed by atoms with E-state index in [4.69, 9.17) is 37.0 Å². The van der Waals surface area contributed by atoms with Gasteiger partial charge in [0, 0.05) is 25.7 Å². The molecule has 0 aromatic heterocycles. The Morgan fingerprint density at radius 3 is 0.798 bits per heavy atom. The number of aliphatic hydroxyl groups excluding tert-OH is 1. The number of phosphoric ester groups is 2. The molecule has 0 aliphatic heterocycles. The zero-order valence-corrected chi connectivity index (χ0v) is 59.8. The molecule has 0 aromatic rings. The number of esters is 4. The number of phosphoric acid groups is 2. The highest BCUT2D eigenvalue weighted by Crippen LogP contribution is 2.45. The van der Waals surface area contributed by atoms with Gasteiger partial charge in [-0.3, -0.25) is 37.3 Å². The van der Waals surface area contributed by atoms with Gasteiger partial charge < -0.3 is 33.8 Å². The average Bonchev–Trinajstić information content (AvgIpc) is 3.61. The number of hydrogen-bond donors (Lipinski definition) is 3. The largest absolute Gasteiger partial charge is 0.472 e. The Bertz CT molecular complexity index is 1770. The van der Waals surface area contributed by atoms with Crippen molar-refractivity contribution in [3.8, 4) is 0 Å². The lowest BCUT2D eigenvalue weighted by molar-refractivity contribution is -0.161. The van der Waals surface area contributed by atoms with Crippen LogP contribution in [0.3, 0.4) is 0 Å². The molecule has 0 saturated carbocycles. The summed E-state index contributed by atoms with van der Waals surface area (Å²) in [5.74, 6) is 0.828. The molecule has 0 radical (unpaired) electrons. The Labute approximate surface area is 543 Å². The van der Waals surface area contributed by atoms with Gasteiger partial charge in [0.15, 0.2) is 12.2 Å². The molecule has 89 heavy (non-hydrogen) atoms. The second-order valence-electron chi connectivity index (χ2n) is 26.9. The van der Waals surface area contributed by atoms with Gasteiger partial charge in [-0.25, -0.2) is 9.13 Å². The van der Waals surface area contributed by atoms with Crippen LogP contribution in [0.25, 0.3) is 0 Å². The van der Waals surface area contributed by atoms with Crippen LogP contribution in [0.1, 0.15) is 344 Å². The average molecular weight is 1310 g/mol. The Balaban J connectivity index is 5.21. The fraction of sp³-hybridized carbons (Fsp3) is 0.943. The van der Waals surface area contributed by atoms with Crippen LogP contribution in [-0.4, -0.2) is 96.7 Å². The molecule has 3 N–H and O–H groups in total. The molecular weight excluding hydrogens is 1170 g/mol. The van der Waals surface area contributed by atoms with Crippen molar-refractivity contribution in [2.45, 2.75) is 363 Å². The maximum atomic E-state index is 13.0. The summed E-state index contributed by atoms with van der Waals surface area (Å²) in [4.78, 5) is 72.5. The molecule has 0 spiro atoms. The van der Waals surface area contributed by atoms with E-state index in [2.05, 4.69) is 55.4 Å². The molecule has 0 bridgehead atoms. The summed E-state index contributed by atoms with van der Waals surface area (Å²) in [5, 5.41) is 10.6. The summed E-state index contributed by atoms with van der Waals surface area (Å²) in [7, 11) is -9.90. The van der Waals surface area contributed by atoms with E-state index in [0.29, 0.717) is 31.6 Å². The molecule has 4 unspecified atom stereocenters. The van der Waals surface area contributed by atoms with Gasteiger partial charge >= 0.3 is 39.5 Å². The predicted molar refractivity (Wildman–Crippen MR) is 358 cm³/mol. The number of aliphatic hydroxyl groups is 1. The van der Waals surface area contributed by atoms with Gasteiger partial charge in [-0.2, -0.15) is 0 Å². The topological polar surface area (TPSA) is 237 Å². The number of ether oxygens (including phenoxy) is 4. The molecule has 0 aliphatic carbocycles. The van der Waals surface area contributed by atoms with Crippen molar-refractivity contribution in [3.63, 3.8) is 0 Å². The van der Waals surface area contributed by atoms with Crippen LogP contribution in [0, 0.1) is 23.7 Å². The summed E-state index contributed by atoms with van der Waals surface area (Å²) < 4.78 is 68.2. The number of carbonyl (C=O) groups is 4. The highest BCUT2D eigenvalue weighted by atomic mass is 31.2. The third-order valence-electron chi connectivity index (χ3n) is 16.4. The Kier molecular flexibility index (Phi) is 58.5. The third-order valence-corrected chi connectivity index (χ3v) is 18.3. The minimum absolute atomic E-state index is 0.103. The van der Waals surface area contributed by atoms with Crippen LogP contribution in [0.5, 0.6) is 0 Å². The zero-order chi connectivity index (χ0) is 66.1. The molecule has 17 nitrogen and oxygen atoms in total. The molecule has 6 atom stereocenters. The SMILES string of the molecule is CCC(C)CCCCCCCCC(=O)O[C@H](COC(=O)CCCCCCCCCCCCCCCCC(C)C)COP(=O)(O)OCC(O)COP(=O)(O)OC[C@@H](COC(=O)CCCCCCCCCC(C)C)OC(=O)CCCCCCCCCCCC(C)C. The van der Waals surface area contributed by atoms with Crippen molar-refractivity contribution in [1.29, 1.82) is 0 Å². The lowest BCUT2D eigenvalue weighted by atomic mass is 10.00. The quantitative estimate of drug-likeness (QED) is 0.0222. The van der Waals surface area contributed by atoms with Crippen LogP contribution < -0.4 is 0 Å². The minimum atomic E-state index is -4.95. The molecular formula is C70H136O17P2. The maximum absolute atomic E-state index is 13.0. The van der Waals surface area contributed by atoms with E-state index in [1.807, 2.05) is 0 Å². The van der Waals surface area contributed by atoms with Crippen molar-refractivity contribution in [1.82, 2.24) is 0 Å². The standard InChI is InChI=1S/C70H136O17P2/c1-9-63(8)49-41-33-28-29-37-45-53-70(75)87-66(57-80-67(72)50-42-34-25-19-15-13-11-10-12-14-17-22-30-38-46-60(2)3)59-85-89(78,79)83-55-64(71)54-82-88(76,77)84-58-65(56-81-68(73)51-43-35-27-21-24-32-40-48-62(6)7)86-69(74)52-44-36-26-20-16-18-23-31-39-47-61(4)5/h60-66,71H,9-59H2,1-8H3,(H,76,77)(H,78,79)/t63?,64?,65-,66-/m1/s1. The van der Waals surface area contributed by atoms with E-state index in [1.54, 1.807) is 0 Å². The van der Waals surface area contributed by atoms with Crippen LogP contribution in [0.4, 0.5) is 0 Å². The zero-order valence-electron chi connectivity index (χ0n) is 58.1. The number of carbonyl (C=O) groups excluding carboxylic acids is 4. The fourth-order valence-electron chi connectivity index (χ4n) is 10.5. The lowest BCUT2D eigenvalue weighted by Crippen LogP contribution is -2.30. The summed E-state index contributed by atoms with van der Waals surface area (Å²) in [6.07, 6.45) is 41.9. The van der Waals surface area contributed by atoms with Gasteiger partial charge in [0.05, 0.1) is 26.4 Å². The molecule has 0 rings (SSSR count). The summed E-state index contributed by atoms with van der Waals surface area (Å²) in [5.41, 5.74) is 0. The van der Waals surface area contributed by atoms with Crippen molar-refractivity contribution >= 4 is 39.5 Å². The highest BCUT2D eigenvalue weighted by molar-refractivity contribution is 7.47. The van der Waals surface area contributed by atoms with Gasteiger partial charge in [-0.15, -0.1) is 0 Å². The summed E-state index contributed by atoms with van der Waals surface area (Å²) in [6.45, 7) is 14.0. The molecule has 0 amide bonds. The van der Waals surface area contributed by atoms with Gasteiger partial charge in [0.25, 0.3) is 0 Å². The second-order valence-corrected chi connectivity index (χ2v) is 29.8. The molecule has 0 fully saturated rings. The molecule has 19 heteroatoms. The first-order chi connectivity index (χ1) is 42.6. The van der Waals surface area contributed by atoms with E-state index in [0.717, 1.165) is 114 Å². The van der Waals surface area contributed by atoms with E-state index in [9.17, 15) is 43.2 Å². The fourth-order valence-corrected chi connectivity index (χ4v) is 12.0.